The molecule has 1 saturated heterocycles. The van der Waals surface area contributed by atoms with Crippen molar-refractivity contribution in [2.24, 2.45) is 0 Å². The molecule has 20 heavy (non-hydrogen) atoms. The second-order valence-electron chi connectivity index (χ2n) is 4.65. The zero-order valence-corrected chi connectivity index (χ0v) is 13.7. The molecule has 0 aromatic heterocycles. The number of halogens is 2. The van der Waals surface area contributed by atoms with E-state index < -0.39 is 25.9 Å². The molecule has 0 saturated carbocycles. The van der Waals surface area contributed by atoms with Crippen molar-refractivity contribution in [2.45, 2.75) is 17.4 Å². The summed E-state index contributed by atoms with van der Waals surface area (Å²) in [5, 5.41) is 0.400. The van der Waals surface area contributed by atoms with Crippen LogP contribution in [-0.2, 0) is 19.9 Å². The van der Waals surface area contributed by atoms with E-state index in [0.29, 0.717) is 6.42 Å². The Morgan fingerprint density at radius 1 is 1.25 bits per heavy atom. The zero-order chi connectivity index (χ0) is 15.1. The van der Waals surface area contributed by atoms with E-state index in [1.54, 1.807) is 0 Å². The summed E-state index contributed by atoms with van der Waals surface area (Å²) < 4.78 is 48.8. The minimum absolute atomic E-state index is 0.00121. The first-order valence-corrected chi connectivity index (χ1v) is 9.79. The summed E-state index contributed by atoms with van der Waals surface area (Å²) in [5.74, 6) is -0.136. The Hall–Kier alpha value is -0.340. The molecular weight excluding hydrogens is 345 g/mol. The Labute approximate surface area is 128 Å². The summed E-state index contributed by atoms with van der Waals surface area (Å²) in [7, 11) is -5.56. The van der Waals surface area contributed by atoms with Gasteiger partial charge in [0.1, 0.15) is 0 Å². The minimum atomic E-state index is -3.79. The van der Waals surface area contributed by atoms with Gasteiger partial charge >= 0.3 is 0 Å². The van der Waals surface area contributed by atoms with Crippen molar-refractivity contribution in [1.29, 1.82) is 0 Å². The fraction of sp³-hybridized carbons (Fsp3) is 0.455. The molecule has 0 unspecified atom stereocenters. The van der Waals surface area contributed by atoms with E-state index in [9.17, 15) is 16.8 Å². The van der Waals surface area contributed by atoms with Crippen molar-refractivity contribution in [1.82, 2.24) is 4.31 Å². The number of sulfonamides is 1. The van der Waals surface area contributed by atoms with Crippen LogP contribution in [0.4, 0.5) is 0 Å². The molecule has 0 N–H and O–H groups in total. The van der Waals surface area contributed by atoms with Gasteiger partial charge in [0.2, 0.25) is 10.0 Å². The van der Waals surface area contributed by atoms with Gasteiger partial charge < -0.3 is 0 Å². The van der Waals surface area contributed by atoms with Crippen molar-refractivity contribution >= 4 is 43.1 Å². The number of hydrogen-bond acceptors (Lipinski definition) is 4. The lowest BCUT2D eigenvalue weighted by atomic mass is 10.3. The smallest absolute Gasteiger partial charge is 0.229 e. The molecule has 1 aliphatic rings. The van der Waals surface area contributed by atoms with Crippen LogP contribution in [0.5, 0.6) is 0 Å². The molecule has 1 aromatic carbocycles. The van der Waals surface area contributed by atoms with Crippen molar-refractivity contribution < 1.29 is 16.8 Å². The first-order valence-electron chi connectivity index (χ1n) is 5.77. The summed E-state index contributed by atoms with van der Waals surface area (Å²) in [4.78, 5) is -0.00121. The van der Waals surface area contributed by atoms with Gasteiger partial charge in [-0.05, 0) is 24.6 Å². The average molecular weight is 358 g/mol. The average Bonchev–Trinajstić information content (AvgIpc) is 2.72. The second kappa shape index (κ2) is 5.46. The summed E-state index contributed by atoms with van der Waals surface area (Å²) in [5.41, 5.74) is 0. The fourth-order valence-corrected chi connectivity index (χ4v) is 5.71. The molecule has 0 bridgehead atoms. The maximum absolute atomic E-state index is 12.4. The van der Waals surface area contributed by atoms with Crippen LogP contribution < -0.4 is 0 Å². The third-order valence-corrected chi connectivity index (χ3v) is 7.69. The van der Waals surface area contributed by atoms with E-state index in [-0.39, 0.29) is 26.4 Å². The van der Waals surface area contributed by atoms with E-state index in [1.807, 2.05) is 0 Å². The van der Waals surface area contributed by atoms with Crippen LogP contribution in [-0.4, -0.2) is 45.7 Å². The lowest BCUT2D eigenvalue weighted by Crippen LogP contribution is -2.37. The first kappa shape index (κ1) is 16.0. The third kappa shape index (κ3) is 3.12. The third-order valence-electron chi connectivity index (χ3n) is 3.29. The van der Waals surface area contributed by atoms with Crippen LogP contribution in [0.3, 0.4) is 0 Å². The van der Waals surface area contributed by atoms with Crippen LogP contribution >= 0.6 is 23.2 Å². The van der Waals surface area contributed by atoms with Crippen molar-refractivity contribution in [3.05, 3.63) is 28.2 Å². The maximum atomic E-state index is 12.4. The number of nitrogens with zero attached hydrogens (tertiary/aromatic N) is 1. The SMILES string of the molecule is CN([C@H]1CCS(=O)(=O)C1)S(=O)(=O)c1ccc(Cl)c(Cl)c1. The van der Waals surface area contributed by atoms with Crippen LogP contribution in [0.1, 0.15) is 6.42 Å². The molecule has 2 rings (SSSR count). The molecule has 1 aromatic rings. The van der Waals surface area contributed by atoms with E-state index in [1.165, 1.54) is 25.2 Å². The molecule has 9 heteroatoms. The van der Waals surface area contributed by atoms with Crippen molar-refractivity contribution in [2.75, 3.05) is 18.6 Å². The normalized spacial score (nSPS) is 22.3. The van der Waals surface area contributed by atoms with Crippen molar-refractivity contribution in [3.8, 4) is 0 Å². The van der Waals surface area contributed by atoms with Gasteiger partial charge in [-0.1, -0.05) is 23.2 Å². The van der Waals surface area contributed by atoms with Gasteiger partial charge in [-0.2, -0.15) is 4.31 Å². The lowest BCUT2D eigenvalue weighted by Gasteiger charge is -2.22. The quantitative estimate of drug-likeness (QED) is 0.826. The largest absolute Gasteiger partial charge is 0.243 e. The highest BCUT2D eigenvalue weighted by molar-refractivity contribution is 7.92. The van der Waals surface area contributed by atoms with Crippen LogP contribution in [0.25, 0.3) is 0 Å². The zero-order valence-electron chi connectivity index (χ0n) is 10.6. The second-order valence-corrected chi connectivity index (χ2v) is 9.69. The molecule has 1 fully saturated rings. The number of benzene rings is 1. The Morgan fingerprint density at radius 3 is 2.40 bits per heavy atom. The Morgan fingerprint density at radius 2 is 1.90 bits per heavy atom. The number of rotatable bonds is 3. The predicted molar refractivity (Wildman–Crippen MR) is 78.5 cm³/mol. The highest BCUT2D eigenvalue weighted by Gasteiger charge is 2.36. The summed E-state index contributed by atoms with van der Waals surface area (Å²) in [6.07, 6.45) is 0.305. The van der Waals surface area contributed by atoms with Gasteiger partial charge in [-0.3, -0.25) is 0 Å². The Bertz CT molecular complexity index is 731. The minimum Gasteiger partial charge on any atom is -0.229 e. The number of sulfone groups is 1. The fourth-order valence-electron chi connectivity index (χ4n) is 2.06. The highest BCUT2D eigenvalue weighted by Crippen LogP contribution is 2.28. The molecular formula is C11H13Cl2NO4S2. The van der Waals surface area contributed by atoms with Gasteiger partial charge in [-0.15, -0.1) is 0 Å². The highest BCUT2D eigenvalue weighted by atomic mass is 35.5. The standard InChI is InChI=1S/C11H13Cl2NO4S2/c1-14(8-4-5-19(15,16)7-8)20(17,18)9-2-3-10(12)11(13)6-9/h2-3,6,8H,4-5,7H2,1H3/t8-/m0/s1. The molecule has 112 valence electrons. The predicted octanol–water partition coefficient (Wildman–Crippen LogP) is 1.80. The topological polar surface area (TPSA) is 71.5 Å². The molecule has 0 amide bonds. The summed E-state index contributed by atoms with van der Waals surface area (Å²) in [6, 6.07) is 3.47. The number of hydrogen-bond donors (Lipinski definition) is 0. The van der Waals surface area contributed by atoms with E-state index >= 15 is 0 Å². The molecule has 0 spiro atoms. The molecule has 1 heterocycles. The first-order chi connectivity index (χ1) is 9.13. The molecule has 0 aliphatic carbocycles. The van der Waals surface area contributed by atoms with Gasteiger partial charge in [0.15, 0.2) is 9.84 Å². The van der Waals surface area contributed by atoms with E-state index in [2.05, 4.69) is 0 Å². The maximum Gasteiger partial charge on any atom is 0.243 e. The monoisotopic (exact) mass is 357 g/mol. The lowest BCUT2D eigenvalue weighted by molar-refractivity contribution is 0.394. The van der Waals surface area contributed by atoms with E-state index in [0.717, 1.165) is 4.31 Å². The van der Waals surface area contributed by atoms with Crippen LogP contribution in [0.2, 0.25) is 10.0 Å². The Kier molecular flexibility index (Phi) is 4.37. The molecule has 1 atom stereocenters. The Balaban J connectivity index is 2.32. The van der Waals surface area contributed by atoms with Gasteiger partial charge in [0.25, 0.3) is 0 Å². The van der Waals surface area contributed by atoms with Crippen LogP contribution in [0, 0.1) is 0 Å². The van der Waals surface area contributed by atoms with Gasteiger partial charge in [0, 0.05) is 13.1 Å². The van der Waals surface area contributed by atoms with Gasteiger partial charge in [-0.25, -0.2) is 16.8 Å². The molecule has 0 radical (unpaired) electrons. The van der Waals surface area contributed by atoms with Gasteiger partial charge in [0.05, 0.1) is 26.4 Å². The van der Waals surface area contributed by atoms with E-state index in [4.69, 9.17) is 23.2 Å². The molecule has 1 aliphatic heterocycles. The van der Waals surface area contributed by atoms with Crippen LogP contribution in [0.15, 0.2) is 23.1 Å². The summed E-state index contributed by atoms with van der Waals surface area (Å²) in [6.45, 7) is 0. The molecule has 5 nitrogen and oxygen atoms in total. The summed E-state index contributed by atoms with van der Waals surface area (Å²) >= 11 is 11.6. The van der Waals surface area contributed by atoms with Crippen molar-refractivity contribution in [3.63, 3.8) is 0 Å².